The van der Waals surface area contributed by atoms with E-state index in [1.165, 1.54) is 5.56 Å². The number of pyridine rings is 1. The minimum atomic E-state index is -0.252. The maximum Gasteiger partial charge on any atom is 0.256 e. The maximum absolute atomic E-state index is 12.7. The van der Waals surface area contributed by atoms with Gasteiger partial charge in [0.2, 0.25) is 0 Å². The molecule has 0 saturated carbocycles. The first-order valence-corrected chi connectivity index (χ1v) is 9.72. The number of hydrogen-bond donors (Lipinski definition) is 1. The van der Waals surface area contributed by atoms with Crippen LogP contribution >= 0.6 is 11.6 Å². The largest absolute Gasteiger partial charge is 0.306 e. The van der Waals surface area contributed by atoms with E-state index in [2.05, 4.69) is 43.3 Å². The zero-order chi connectivity index (χ0) is 20.7. The minimum Gasteiger partial charge on any atom is -0.306 e. The molecular formula is C23H21ClN4O. The lowest BCUT2D eigenvalue weighted by atomic mass is 10.0. The summed E-state index contributed by atoms with van der Waals surface area (Å²) in [6.45, 7) is 8.09. The molecule has 2 aromatic carbocycles. The molecular weight excluding hydrogens is 384 g/mol. The van der Waals surface area contributed by atoms with Crippen LogP contribution in [-0.2, 0) is 0 Å². The lowest BCUT2D eigenvalue weighted by Gasteiger charge is -2.12. The van der Waals surface area contributed by atoms with Gasteiger partial charge in [-0.25, -0.2) is 4.98 Å². The fourth-order valence-corrected chi connectivity index (χ4v) is 3.71. The predicted molar refractivity (Wildman–Crippen MR) is 117 cm³/mol. The van der Waals surface area contributed by atoms with E-state index in [1.807, 2.05) is 19.1 Å². The maximum atomic E-state index is 12.7. The molecule has 0 aliphatic carbocycles. The smallest absolute Gasteiger partial charge is 0.256 e. The van der Waals surface area contributed by atoms with Crippen molar-refractivity contribution in [2.24, 2.45) is 0 Å². The standard InChI is InChI=1S/C23H21ClN4O/c1-13-8-15(3)22-19(9-13)14(2)10-20(25-22)28-21(11-16(4)27-28)26-23(29)17-6-5-7-18(24)12-17/h5-12H,1-4H3,(H,26,29). The van der Waals surface area contributed by atoms with Crippen molar-refractivity contribution >= 4 is 34.2 Å². The van der Waals surface area contributed by atoms with Crippen LogP contribution in [0.4, 0.5) is 5.82 Å². The third-order valence-corrected chi connectivity index (χ3v) is 5.05. The van der Waals surface area contributed by atoms with E-state index in [9.17, 15) is 4.79 Å². The Morgan fingerprint density at radius 1 is 1.00 bits per heavy atom. The number of fused-ring (bicyclic) bond motifs is 1. The Hall–Kier alpha value is -3.18. The quantitative estimate of drug-likeness (QED) is 0.486. The number of carbonyl (C=O) groups is 1. The van der Waals surface area contributed by atoms with E-state index < -0.39 is 0 Å². The number of benzene rings is 2. The number of nitrogens with one attached hydrogen (secondary N) is 1. The molecule has 0 bridgehead atoms. The molecule has 2 heterocycles. The third-order valence-electron chi connectivity index (χ3n) is 4.82. The number of amides is 1. The van der Waals surface area contributed by atoms with Crippen molar-refractivity contribution in [1.29, 1.82) is 0 Å². The molecule has 0 atom stereocenters. The zero-order valence-corrected chi connectivity index (χ0v) is 17.5. The molecule has 1 amide bonds. The lowest BCUT2D eigenvalue weighted by Crippen LogP contribution is -2.15. The van der Waals surface area contributed by atoms with Gasteiger partial charge in [0.1, 0.15) is 5.82 Å². The Bertz CT molecular complexity index is 1260. The van der Waals surface area contributed by atoms with Crippen molar-refractivity contribution in [3.8, 4) is 5.82 Å². The molecule has 0 aliphatic rings. The van der Waals surface area contributed by atoms with Gasteiger partial charge >= 0.3 is 0 Å². The highest BCUT2D eigenvalue weighted by Gasteiger charge is 2.15. The molecule has 0 aliphatic heterocycles. The number of nitrogens with zero attached hydrogens (tertiary/aromatic N) is 3. The van der Waals surface area contributed by atoms with Crippen molar-refractivity contribution in [2.45, 2.75) is 27.7 Å². The minimum absolute atomic E-state index is 0.252. The van der Waals surface area contributed by atoms with Crippen molar-refractivity contribution < 1.29 is 4.79 Å². The second kappa shape index (κ2) is 7.33. The Morgan fingerprint density at radius 3 is 2.55 bits per heavy atom. The molecule has 0 unspecified atom stereocenters. The summed E-state index contributed by atoms with van der Waals surface area (Å²) in [5, 5.41) is 9.12. The average Bonchev–Trinajstić information content (AvgIpc) is 3.02. The van der Waals surface area contributed by atoms with Gasteiger partial charge in [-0.3, -0.25) is 4.79 Å². The summed E-state index contributed by atoms with van der Waals surface area (Å²) in [4.78, 5) is 17.5. The van der Waals surface area contributed by atoms with Crippen molar-refractivity contribution in [2.75, 3.05) is 5.32 Å². The van der Waals surface area contributed by atoms with Crippen LogP contribution in [0.15, 0.2) is 48.5 Å². The SMILES string of the molecule is Cc1cc(C)c2nc(-n3nc(C)cc3NC(=O)c3cccc(Cl)c3)cc(C)c2c1. The number of carbonyl (C=O) groups excluding carboxylic acids is 1. The summed E-state index contributed by atoms with van der Waals surface area (Å²) in [7, 11) is 0. The van der Waals surface area contributed by atoms with E-state index in [0.717, 1.165) is 27.7 Å². The first kappa shape index (κ1) is 19.2. The summed E-state index contributed by atoms with van der Waals surface area (Å²) in [6, 6.07) is 14.9. The molecule has 4 rings (SSSR count). The molecule has 6 heteroatoms. The van der Waals surface area contributed by atoms with Gasteiger partial charge in [0.05, 0.1) is 11.2 Å². The van der Waals surface area contributed by atoms with Crippen molar-refractivity contribution in [3.63, 3.8) is 0 Å². The molecule has 0 radical (unpaired) electrons. The summed E-state index contributed by atoms with van der Waals surface area (Å²) in [6.07, 6.45) is 0. The van der Waals surface area contributed by atoms with Crippen LogP contribution in [0.25, 0.3) is 16.7 Å². The van der Waals surface area contributed by atoms with Crippen LogP contribution in [-0.4, -0.2) is 20.7 Å². The van der Waals surface area contributed by atoms with Crippen molar-refractivity contribution in [1.82, 2.24) is 14.8 Å². The second-order valence-electron chi connectivity index (χ2n) is 7.32. The molecule has 2 aromatic heterocycles. The average molecular weight is 405 g/mol. The van der Waals surface area contributed by atoms with Crippen LogP contribution in [0.1, 0.15) is 32.7 Å². The van der Waals surface area contributed by atoms with E-state index in [4.69, 9.17) is 16.6 Å². The van der Waals surface area contributed by atoms with Crippen LogP contribution in [0.2, 0.25) is 5.02 Å². The second-order valence-corrected chi connectivity index (χ2v) is 7.76. The van der Waals surface area contributed by atoms with Crippen molar-refractivity contribution in [3.05, 3.63) is 81.5 Å². The summed E-state index contributed by atoms with van der Waals surface area (Å²) >= 11 is 6.01. The highest BCUT2D eigenvalue weighted by atomic mass is 35.5. The molecule has 1 N–H and O–H groups in total. The van der Waals surface area contributed by atoms with Gasteiger partial charge in [-0.1, -0.05) is 29.3 Å². The highest BCUT2D eigenvalue weighted by molar-refractivity contribution is 6.31. The third kappa shape index (κ3) is 3.74. The first-order valence-electron chi connectivity index (χ1n) is 9.34. The molecule has 146 valence electrons. The van der Waals surface area contributed by atoms with Gasteiger partial charge in [-0.15, -0.1) is 0 Å². The Labute approximate surface area is 174 Å². The van der Waals surface area contributed by atoms with Gasteiger partial charge in [0.15, 0.2) is 5.82 Å². The number of aromatic nitrogens is 3. The topological polar surface area (TPSA) is 59.8 Å². The summed E-state index contributed by atoms with van der Waals surface area (Å²) in [5.74, 6) is 0.970. The van der Waals surface area contributed by atoms with Crippen LogP contribution in [0, 0.1) is 27.7 Å². The number of hydrogen-bond acceptors (Lipinski definition) is 3. The summed E-state index contributed by atoms with van der Waals surface area (Å²) in [5.41, 5.74) is 5.63. The Balaban J connectivity index is 1.78. The van der Waals surface area contributed by atoms with E-state index >= 15 is 0 Å². The van der Waals surface area contributed by atoms with E-state index in [1.54, 1.807) is 28.9 Å². The van der Waals surface area contributed by atoms with E-state index in [-0.39, 0.29) is 5.91 Å². The lowest BCUT2D eigenvalue weighted by molar-refractivity contribution is 0.102. The van der Waals surface area contributed by atoms with Crippen LogP contribution < -0.4 is 5.32 Å². The predicted octanol–water partition coefficient (Wildman–Crippen LogP) is 5.56. The van der Waals surface area contributed by atoms with Crippen LogP contribution in [0.3, 0.4) is 0 Å². The summed E-state index contributed by atoms with van der Waals surface area (Å²) < 4.78 is 1.67. The fourth-order valence-electron chi connectivity index (χ4n) is 3.52. The molecule has 29 heavy (non-hydrogen) atoms. The van der Waals surface area contributed by atoms with E-state index in [0.29, 0.717) is 22.2 Å². The van der Waals surface area contributed by atoms with Gasteiger partial charge in [0.25, 0.3) is 5.91 Å². The number of rotatable bonds is 3. The van der Waals surface area contributed by atoms with Gasteiger partial charge in [-0.2, -0.15) is 9.78 Å². The number of aryl methyl sites for hydroxylation is 4. The Morgan fingerprint density at radius 2 is 1.79 bits per heavy atom. The van der Waals surface area contributed by atoms with Gasteiger partial charge in [-0.05, 0) is 69.2 Å². The fraction of sp³-hybridized carbons (Fsp3) is 0.174. The normalized spacial score (nSPS) is 11.1. The molecule has 0 saturated heterocycles. The monoisotopic (exact) mass is 404 g/mol. The molecule has 0 spiro atoms. The number of anilines is 1. The number of halogens is 1. The first-order chi connectivity index (χ1) is 13.8. The van der Waals surface area contributed by atoms with Gasteiger partial charge < -0.3 is 5.32 Å². The zero-order valence-electron chi connectivity index (χ0n) is 16.7. The van der Waals surface area contributed by atoms with Gasteiger partial charge in [0, 0.05) is 22.0 Å². The Kier molecular flexibility index (Phi) is 4.84. The molecule has 0 fully saturated rings. The van der Waals surface area contributed by atoms with Crippen LogP contribution in [0.5, 0.6) is 0 Å². The highest BCUT2D eigenvalue weighted by Crippen LogP contribution is 2.26. The molecule has 4 aromatic rings. The molecule has 5 nitrogen and oxygen atoms in total.